The summed E-state index contributed by atoms with van der Waals surface area (Å²) in [7, 11) is 0. The molecule has 4 aromatic rings. The van der Waals surface area contributed by atoms with Gasteiger partial charge < -0.3 is 9.64 Å². The van der Waals surface area contributed by atoms with Gasteiger partial charge in [0.05, 0.1) is 5.69 Å². The third kappa shape index (κ3) is 5.08. The molecule has 2 aromatic carbocycles. The lowest BCUT2D eigenvalue weighted by molar-refractivity contribution is -0.139. The number of hydrogen-bond donors (Lipinski definition) is 0. The zero-order valence-corrected chi connectivity index (χ0v) is 19.9. The Morgan fingerprint density at radius 2 is 1.80 bits per heavy atom. The molecule has 3 heterocycles. The number of nitrogens with zero attached hydrogens (tertiary/aromatic N) is 5. The third-order valence-corrected chi connectivity index (χ3v) is 6.82. The third-order valence-electron chi connectivity index (χ3n) is 5.88. The first kappa shape index (κ1) is 23.1. The van der Waals surface area contributed by atoms with Crippen LogP contribution in [0.1, 0.15) is 12.6 Å². The topological polar surface area (TPSA) is 80.0 Å². The number of para-hydroxylation sites is 1. The molecule has 1 aliphatic rings. The first-order valence-electron chi connectivity index (χ1n) is 11.4. The fourth-order valence-corrected chi connectivity index (χ4v) is 5.00. The fourth-order valence-electron chi connectivity index (χ4n) is 4.05. The normalized spacial score (nSPS) is 15.3. The molecule has 0 unspecified atom stereocenters. The number of carbonyl (C=O) groups excluding carboxylic acids is 1. The van der Waals surface area contributed by atoms with E-state index in [0.29, 0.717) is 59.7 Å². The number of rotatable bonds is 6. The van der Waals surface area contributed by atoms with Crippen LogP contribution in [0, 0.1) is 5.82 Å². The maximum absolute atomic E-state index is 14.2. The Morgan fingerprint density at radius 1 is 1.09 bits per heavy atom. The molecule has 0 saturated carbocycles. The van der Waals surface area contributed by atoms with Crippen molar-refractivity contribution in [2.24, 2.45) is 0 Å². The molecule has 1 saturated heterocycles. The summed E-state index contributed by atoms with van der Waals surface area (Å²) in [6.45, 7) is 4.71. The largest absolute Gasteiger partial charge is 0.481 e. The summed E-state index contributed by atoms with van der Waals surface area (Å²) in [4.78, 5) is 34.4. The van der Waals surface area contributed by atoms with E-state index in [1.807, 2.05) is 30.3 Å². The molecule has 0 N–H and O–H groups in total. The van der Waals surface area contributed by atoms with E-state index in [1.165, 1.54) is 28.0 Å². The van der Waals surface area contributed by atoms with Gasteiger partial charge in [-0.1, -0.05) is 41.7 Å². The lowest BCUT2D eigenvalue weighted by Crippen LogP contribution is -2.51. The standard InChI is InChI=1S/C25H24FN5O3S/c1-17(34-19-7-3-2-4-8-19)24(33)30-13-11-29(12-14-30)16-18-15-22(32)31-25(27-18)35-23(28-31)20-9-5-6-10-21(20)26/h2-10,15,17H,11-14,16H2,1H3/t17-/m1/s1. The van der Waals surface area contributed by atoms with Crippen molar-refractivity contribution >= 4 is 22.2 Å². The van der Waals surface area contributed by atoms with Crippen molar-refractivity contribution in [3.63, 3.8) is 0 Å². The van der Waals surface area contributed by atoms with Gasteiger partial charge in [-0.15, -0.1) is 0 Å². The zero-order chi connectivity index (χ0) is 24.4. The zero-order valence-electron chi connectivity index (χ0n) is 19.1. The van der Waals surface area contributed by atoms with Crippen LogP contribution in [0.3, 0.4) is 0 Å². The molecular weight excluding hydrogens is 469 g/mol. The van der Waals surface area contributed by atoms with Crippen molar-refractivity contribution < 1.29 is 13.9 Å². The van der Waals surface area contributed by atoms with Crippen LogP contribution in [0.15, 0.2) is 65.5 Å². The molecule has 2 aromatic heterocycles. The van der Waals surface area contributed by atoms with Gasteiger partial charge in [0.1, 0.15) is 11.6 Å². The van der Waals surface area contributed by atoms with Crippen molar-refractivity contribution in [1.29, 1.82) is 0 Å². The molecule has 180 valence electrons. The second-order valence-corrected chi connectivity index (χ2v) is 9.30. The van der Waals surface area contributed by atoms with Crippen molar-refractivity contribution in [1.82, 2.24) is 24.4 Å². The average Bonchev–Trinajstić information content (AvgIpc) is 3.29. The molecule has 10 heteroatoms. The van der Waals surface area contributed by atoms with Gasteiger partial charge in [0.25, 0.3) is 11.5 Å². The molecule has 0 spiro atoms. The van der Waals surface area contributed by atoms with Gasteiger partial charge in [0.15, 0.2) is 11.1 Å². The van der Waals surface area contributed by atoms with E-state index in [4.69, 9.17) is 4.74 Å². The van der Waals surface area contributed by atoms with Crippen LogP contribution >= 0.6 is 11.3 Å². The van der Waals surface area contributed by atoms with E-state index in [9.17, 15) is 14.0 Å². The first-order valence-corrected chi connectivity index (χ1v) is 12.2. The second-order valence-electron chi connectivity index (χ2n) is 8.34. The predicted octanol–water partition coefficient (Wildman–Crippen LogP) is 3.07. The van der Waals surface area contributed by atoms with Gasteiger partial charge in [-0.3, -0.25) is 14.5 Å². The number of ether oxygens (including phenoxy) is 1. The molecule has 0 aliphatic carbocycles. The van der Waals surface area contributed by atoms with Gasteiger partial charge in [0.2, 0.25) is 4.96 Å². The number of fused-ring (bicyclic) bond motifs is 1. The molecule has 8 nitrogen and oxygen atoms in total. The number of benzene rings is 2. The average molecular weight is 494 g/mol. The Labute approximate surface area is 205 Å². The SMILES string of the molecule is C[C@@H](Oc1ccccc1)C(=O)N1CCN(Cc2cc(=O)n3nc(-c4ccccc4F)sc3n2)CC1. The summed E-state index contributed by atoms with van der Waals surface area (Å²) in [6, 6.07) is 17.1. The molecular formula is C25H24FN5O3S. The lowest BCUT2D eigenvalue weighted by atomic mass is 10.2. The van der Waals surface area contributed by atoms with E-state index in [0.717, 1.165) is 0 Å². The van der Waals surface area contributed by atoms with Gasteiger partial charge >= 0.3 is 0 Å². The Bertz CT molecular complexity index is 1400. The van der Waals surface area contributed by atoms with Gasteiger partial charge in [-0.05, 0) is 31.2 Å². The van der Waals surface area contributed by atoms with Crippen LogP contribution in [0.5, 0.6) is 5.75 Å². The Balaban J connectivity index is 1.22. The number of carbonyl (C=O) groups is 1. The Hall–Kier alpha value is -3.63. The fraction of sp³-hybridized carbons (Fsp3) is 0.280. The smallest absolute Gasteiger partial charge is 0.275 e. The maximum Gasteiger partial charge on any atom is 0.275 e. The van der Waals surface area contributed by atoms with E-state index in [2.05, 4.69) is 15.0 Å². The molecule has 1 fully saturated rings. The highest BCUT2D eigenvalue weighted by molar-refractivity contribution is 7.19. The lowest BCUT2D eigenvalue weighted by Gasteiger charge is -2.35. The number of hydrogen-bond acceptors (Lipinski definition) is 7. The van der Waals surface area contributed by atoms with Crippen molar-refractivity contribution in [2.75, 3.05) is 26.2 Å². The summed E-state index contributed by atoms with van der Waals surface area (Å²) in [5.74, 6) is 0.230. The van der Waals surface area contributed by atoms with Crippen molar-refractivity contribution in [2.45, 2.75) is 19.6 Å². The van der Waals surface area contributed by atoms with Crippen LogP contribution in [0.2, 0.25) is 0 Å². The molecule has 1 aliphatic heterocycles. The summed E-state index contributed by atoms with van der Waals surface area (Å²) in [6.07, 6.45) is -0.567. The first-order chi connectivity index (χ1) is 17.0. The second kappa shape index (κ2) is 9.93. The van der Waals surface area contributed by atoms with Crippen molar-refractivity contribution in [3.05, 3.63) is 82.5 Å². The maximum atomic E-state index is 14.2. The quantitative estimate of drug-likeness (QED) is 0.411. The molecule has 0 bridgehead atoms. The summed E-state index contributed by atoms with van der Waals surface area (Å²) < 4.78 is 21.1. The van der Waals surface area contributed by atoms with E-state index in [-0.39, 0.29) is 11.5 Å². The Morgan fingerprint density at radius 3 is 2.54 bits per heavy atom. The van der Waals surface area contributed by atoms with Crippen molar-refractivity contribution in [3.8, 4) is 16.3 Å². The van der Waals surface area contributed by atoms with Crippen LogP contribution in [0.25, 0.3) is 15.5 Å². The van der Waals surface area contributed by atoms with E-state index in [1.54, 1.807) is 30.0 Å². The van der Waals surface area contributed by atoms with Gasteiger partial charge in [-0.2, -0.15) is 9.61 Å². The predicted molar refractivity (Wildman–Crippen MR) is 131 cm³/mol. The van der Waals surface area contributed by atoms with Crippen LogP contribution in [-0.2, 0) is 11.3 Å². The molecule has 35 heavy (non-hydrogen) atoms. The molecule has 0 radical (unpaired) electrons. The van der Waals surface area contributed by atoms with Crippen LogP contribution in [-0.4, -0.2) is 62.6 Å². The van der Waals surface area contributed by atoms with Gasteiger partial charge in [0, 0.05) is 44.4 Å². The number of amides is 1. The highest BCUT2D eigenvalue weighted by Crippen LogP contribution is 2.26. The minimum Gasteiger partial charge on any atom is -0.481 e. The summed E-state index contributed by atoms with van der Waals surface area (Å²) in [5.41, 5.74) is 0.666. The monoisotopic (exact) mass is 493 g/mol. The number of aromatic nitrogens is 3. The molecule has 5 rings (SSSR count). The van der Waals surface area contributed by atoms with E-state index >= 15 is 0 Å². The molecule has 1 atom stereocenters. The molecule has 1 amide bonds. The number of halogens is 1. The highest BCUT2D eigenvalue weighted by atomic mass is 32.1. The minimum atomic E-state index is -0.567. The minimum absolute atomic E-state index is 0.0448. The highest BCUT2D eigenvalue weighted by Gasteiger charge is 2.26. The van der Waals surface area contributed by atoms with E-state index < -0.39 is 11.9 Å². The summed E-state index contributed by atoms with van der Waals surface area (Å²) in [5, 5.41) is 4.66. The number of piperazine rings is 1. The van der Waals surface area contributed by atoms with Crippen LogP contribution in [0.4, 0.5) is 4.39 Å². The van der Waals surface area contributed by atoms with Crippen LogP contribution < -0.4 is 10.3 Å². The summed E-state index contributed by atoms with van der Waals surface area (Å²) >= 11 is 1.18. The van der Waals surface area contributed by atoms with Gasteiger partial charge in [-0.25, -0.2) is 9.37 Å². The Kier molecular flexibility index (Phi) is 6.56.